The summed E-state index contributed by atoms with van der Waals surface area (Å²) in [5.74, 6) is 2.45. The number of ether oxygens (including phenoxy) is 1. The number of nitrogens with two attached hydrogens (primary N) is 1. The number of anilines is 2. The molecule has 1 fully saturated rings. The van der Waals surface area contributed by atoms with Gasteiger partial charge in [-0.15, -0.1) is 0 Å². The number of hydrogen-bond donors (Lipinski definition) is 2. The highest BCUT2D eigenvalue weighted by Crippen LogP contribution is 2.40. The van der Waals surface area contributed by atoms with Crippen molar-refractivity contribution in [2.24, 2.45) is 0 Å². The van der Waals surface area contributed by atoms with Crippen molar-refractivity contribution in [1.29, 1.82) is 0 Å². The van der Waals surface area contributed by atoms with Crippen molar-refractivity contribution in [3.8, 4) is 5.88 Å². The second kappa shape index (κ2) is 4.05. The molecule has 1 aliphatic rings. The summed E-state index contributed by atoms with van der Waals surface area (Å²) in [4.78, 5) is 8.85. The zero-order valence-corrected chi connectivity index (χ0v) is 10.9. The van der Waals surface area contributed by atoms with Gasteiger partial charge in [-0.3, -0.25) is 0 Å². The molecule has 0 saturated heterocycles. The zero-order valence-electron chi connectivity index (χ0n) is 10.9. The van der Waals surface area contributed by atoms with E-state index in [1.807, 2.05) is 0 Å². The van der Waals surface area contributed by atoms with Gasteiger partial charge in [-0.25, -0.2) is 4.98 Å². The Balaban J connectivity index is 2.37. The molecule has 0 atom stereocenters. The summed E-state index contributed by atoms with van der Waals surface area (Å²) < 4.78 is 5.20. The molecular weight excluding hydrogens is 216 g/mol. The Bertz CT molecular complexity index is 421. The van der Waals surface area contributed by atoms with Crippen molar-refractivity contribution in [2.45, 2.75) is 45.1 Å². The summed E-state index contributed by atoms with van der Waals surface area (Å²) in [5.41, 5.74) is 6.37. The lowest BCUT2D eigenvalue weighted by molar-refractivity contribution is 0.397. The highest BCUT2D eigenvalue weighted by molar-refractivity contribution is 5.67. The molecule has 94 valence electrons. The van der Waals surface area contributed by atoms with Crippen molar-refractivity contribution >= 4 is 11.5 Å². The molecule has 3 N–H and O–H groups in total. The van der Waals surface area contributed by atoms with E-state index in [4.69, 9.17) is 10.5 Å². The van der Waals surface area contributed by atoms with Crippen LogP contribution in [-0.2, 0) is 0 Å². The van der Waals surface area contributed by atoms with Crippen LogP contribution in [-0.4, -0.2) is 22.6 Å². The first kappa shape index (κ1) is 12.0. The SMILES string of the molecule is COc1nc(C2CC2)nc(NC(C)(C)C)c1N. The van der Waals surface area contributed by atoms with Crippen molar-refractivity contribution in [1.82, 2.24) is 9.97 Å². The van der Waals surface area contributed by atoms with Gasteiger partial charge in [0, 0.05) is 11.5 Å². The second-order valence-corrected chi connectivity index (χ2v) is 5.50. The van der Waals surface area contributed by atoms with Crippen LogP contribution in [0.5, 0.6) is 5.88 Å². The number of rotatable bonds is 3. The quantitative estimate of drug-likeness (QED) is 0.841. The minimum absolute atomic E-state index is 0.0890. The first-order chi connectivity index (χ1) is 7.90. The monoisotopic (exact) mass is 236 g/mol. The van der Waals surface area contributed by atoms with E-state index >= 15 is 0 Å². The fourth-order valence-electron chi connectivity index (χ4n) is 1.60. The minimum Gasteiger partial charge on any atom is -0.479 e. The smallest absolute Gasteiger partial charge is 0.242 e. The van der Waals surface area contributed by atoms with Crippen LogP contribution >= 0.6 is 0 Å². The van der Waals surface area contributed by atoms with E-state index in [1.165, 1.54) is 0 Å². The third kappa shape index (κ3) is 2.78. The lowest BCUT2D eigenvalue weighted by atomic mass is 10.1. The molecule has 0 spiro atoms. The van der Waals surface area contributed by atoms with Crippen LogP contribution in [0.4, 0.5) is 11.5 Å². The average Bonchev–Trinajstić information content (AvgIpc) is 3.02. The predicted molar refractivity (Wildman–Crippen MR) is 68.3 cm³/mol. The summed E-state index contributed by atoms with van der Waals surface area (Å²) in [7, 11) is 1.58. The molecule has 1 saturated carbocycles. The highest BCUT2D eigenvalue weighted by atomic mass is 16.5. The van der Waals surface area contributed by atoms with Crippen LogP contribution in [0.1, 0.15) is 45.4 Å². The molecule has 1 heterocycles. The van der Waals surface area contributed by atoms with Crippen molar-refractivity contribution in [3.05, 3.63) is 5.82 Å². The molecule has 0 unspecified atom stereocenters. The average molecular weight is 236 g/mol. The van der Waals surface area contributed by atoms with E-state index in [0.717, 1.165) is 18.7 Å². The Hall–Kier alpha value is -1.52. The molecule has 1 aromatic heterocycles. The Morgan fingerprint density at radius 2 is 1.94 bits per heavy atom. The van der Waals surface area contributed by atoms with E-state index in [0.29, 0.717) is 23.3 Å². The van der Waals surface area contributed by atoms with Gasteiger partial charge in [0.1, 0.15) is 11.5 Å². The highest BCUT2D eigenvalue weighted by Gasteiger charge is 2.29. The second-order valence-electron chi connectivity index (χ2n) is 5.50. The van der Waals surface area contributed by atoms with E-state index in [2.05, 4.69) is 36.1 Å². The molecule has 0 aromatic carbocycles. The molecule has 17 heavy (non-hydrogen) atoms. The van der Waals surface area contributed by atoms with E-state index < -0.39 is 0 Å². The first-order valence-electron chi connectivity index (χ1n) is 5.90. The van der Waals surface area contributed by atoms with Gasteiger partial charge >= 0.3 is 0 Å². The maximum atomic E-state index is 5.98. The number of nitrogen functional groups attached to an aromatic ring is 1. The number of methoxy groups -OCH3 is 1. The lowest BCUT2D eigenvalue weighted by Crippen LogP contribution is -2.27. The van der Waals surface area contributed by atoms with Gasteiger partial charge < -0.3 is 15.8 Å². The number of nitrogens with one attached hydrogen (secondary N) is 1. The molecular formula is C12H20N4O. The molecule has 0 radical (unpaired) electrons. The van der Waals surface area contributed by atoms with Gasteiger partial charge in [0.25, 0.3) is 0 Å². The Morgan fingerprint density at radius 3 is 2.41 bits per heavy atom. The van der Waals surface area contributed by atoms with Gasteiger partial charge in [0.05, 0.1) is 7.11 Å². The standard InChI is InChI=1S/C12H20N4O/c1-12(2,3)16-10-8(13)11(17-4)15-9(14-10)7-5-6-7/h7H,5-6,13H2,1-4H3,(H,14,15,16). The third-order valence-corrected chi connectivity index (χ3v) is 2.56. The van der Waals surface area contributed by atoms with Crippen LogP contribution in [0.3, 0.4) is 0 Å². The maximum Gasteiger partial charge on any atom is 0.242 e. The molecule has 5 heteroatoms. The van der Waals surface area contributed by atoms with E-state index in [-0.39, 0.29) is 5.54 Å². The maximum absolute atomic E-state index is 5.98. The molecule has 5 nitrogen and oxygen atoms in total. The Kier molecular flexibility index (Phi) is 2.85. The lowest BCUT2D eigenvalue weighted by Gasteiger charge is -2.23. The normalized spacial score (nSPS) is 15.8. The molecule has 0 bridgehead atoms. The van der Waals surface area contributed by atoms with Crippen LogP contribution in [0.2, 0.25) is 0 Å². The molecule has 2 rings (SSSR count). The Labute approximate surface area is 102 Å². The number of hydrogen-bond acceptors (Lipinski definition) is 5. The summed E-state index contributed by atoms with van der Waals surface area (Å²) in [6, 6.07) is 0. The Morgan fingerprint density at radius 1 is 1.29 bits per heavy atom. The summed E-state index contributed by atoms with van der Waals surface area (Å²) in [6.45, 7) is 6.20. The van der Waals surface area contributed by atoms with Crippen LogP contribution in [0.15, 0.2) is 0 Å². The van der Waals surface area contributed by atoms with Gasteiger partial charge in [-0.2, -0.15) is 4.98 Å². The van der Waals surface area contributed by atoms with Gasteiger partial charge in [-0.05, 0) is 33.6 Å². The predicted octanol–water partition coefficient (Wildman–Crippen LogP) is 2.16. The van der Waals surface area contributed by atoms with Crippen molar-refractivity contribution in [3.63, 3.8) is 0 Å². The molecule has 1 aromatic rings. The topological polar surface area (TPSA) is 73.1 Å². The fraction of sp³-hybridized carbons (Fsp3) is 0.667. The molecule has 0 amide bonds. The summed E-state index contributed by atoms with van der Waals surface area (Å²) in [6.07, 6.45) is 2.31. The third-order valence-electron chi connectivity index (χ3n) is 2.56. The van der Waals surface area contributed by atoms with Crippen molar-refractivity contribution < 1.29 is 4.74 Å². The van der Waals surface area contributed by atoms with Crippen LogP contribution in [0, 0.1) is 0 Å². The van der Waals surface area contributed by atoms with Crippen LogP contribution in [0.25, 0.3) is 0 Å². The number of nitrogens with zero attached hydrogens (tertiary/aromatic N) is 2. The largest absolute Gasteiger partial charge is 0.479 e. The van der Waals surface area contributed by atoms with E-state index in [1.54, 1.807) is 7.11 Å². The molecule has 0 aliphatic heterocycles. The number of aromatic nitrogens is 2. The first-order valence-corrected chi connectivity index (χ1v) is 5.90. The minimum atomic E-state index is -0.0890. The van der Waals surface area contributed by atoms with Crippen molar-refractivity contribution in [2.75, 3.05) is 18.2 Å². The van der Waals surface area contributed by atoms with Gasteiger partial charge in [0.2, 0.25) is 5.88 Å². The van der Waals surface area contributed by atoms with Crippen LogP contribution < -0.4 is 15.8 Å². The van der Waals surface area contributed by atoms with Gasteiger partial charge in [0.15, 0.2) is 5.82 Å². The zero-order chi connectivity index (χ0) is 12.6. The van der Waals surface area contributed by atoms with E-state index in [9.17, 15) is 0 Å². The fourth-order valence-corrected chi connectivity index (χ4v) is 1.60. The summed E-state index contributed by atoms with van der Waals surface area (Å²) >= 11 is 0. The van der Waals surface area contributed by atoms with Gasteiger partial charge in [-0.1, -0.05) is 0 Å². The molecule has 1 aliphatic carbocycles. The summed E-state index contributed by atoms with van der Waals surface area (Å²) in [5, 5.41) is 3.29.